The zero-order chi connectivity index (χ0) is 29.6. The molecular weight excluding hydrogens is 538 g/mol. The number of rotatable bonds is 16. The highest BCUT2D eigenvalue weighted by Crippen LogP contribution is 2.33. The van der Waals surface area contributed by atoms with Crippen LogP contribution in [0, 0.1) is 17.6 Å². The van der Waals surface area contributed by atoms with E-state index in [9.17, 15) is 23.2 Å². The molecule has 0 aromatic heterocycles. The van der Waals surface area contributed by atoms with Crippen molar-refractivity contribution in [3.8, 4) is 11.5 Å². The van der Waals surface area contributed by atoms with E-state index in [4.69, 9.17) is 23.7 Å². The molecule has 1 aliphatic carbocycles. The average molecular weight is 575 g/mol. The summed E-state index contributed by atoms with van der Waals surface area (Å²) in [4.78, 5) is 34.8. The second kappa shape index (κ2) is 16.5. The number of halogens is 2. The molecule has 8 nitrogen and oxygen atoms in total. The first kappa shape index (κ1) is 31.7. The monoisotopic (exact) mass is 574 g/mol. The lowest BCUT2D eigenvalue weighted by Gasteiger charge is -2.27. The van der Waals surface area contributed by atoms with Crippen molar-refractivity contribution in [3.05, 3.63) is 61.2 Å². The third-order valence-corrected chi connectivity index (χ3v) is 6.69. The second-order valence-corrected chi connectivity index (χ2v) is 9.66. The Bertz CT molecular complexity index is 1220. The molecule has 0 N–H and O–H groups in total. The minimum Gasteiger partial charge on any atom is -0.490 e. The minimum absolute atomic E-state index is 0.0205. The number of hydrogen-bond donors (Lipinski definition) is 0. The fraction of sp³-hybridized carbons (Fsp3) is 0.452. The number of carbonyl (C=O) groups excluding carboxylic acids is 3. The van der Waals surface area contributed by atoms with E-state index in [0.29, 0.717) is 63.5 Å². The van der Waals surface area contributed by atoms with Gasteiger partial charge < -0.3 is 23.7 Å². The molecule has 0 radical (unpaired) electrons. The van der Waals surface area contributed by atoms with E-state index in [1.807, 2.05) is 0 Å². The van der Waals surface area contributed by atoms with Crippen LogP contribution in [0.5, 0.6) is 11.5 Å². The summed E-state index contributed by atoms with van der Waals surface area (Å²) in [5.41, 5.74) is 0. The molecule has 1 saturated carbocycles. The van der Waals surface area contributed by atoms with Crippen molar-refractivity contribution >= 4 is 28.7 Å². The maximum Gasteiger partial charge on any atom is 0.330 e. The van der Waals surface area contributed by atoms with Crippen LogP contribution in [0.15, 0.2) is 49.6 Å². The van der Waals surface area contributed by atoms with Crippen molar-refractivity contribution in [2.45, 2.75) is 57.5 Å². The smallest absolute Gasteiger partial charge is 0.330 e. The van der Waals surface area contributed by atoms with Gasteiger partial charge in [-0.25, -0.2) is 14.0 Å². The Morgan fingerprint density at radius 2 is 1.41 bits per heavy atom. The molecule has 0 aliphatic heterocycles. The van der Waals surface area contributed by atoms with Gasteiger partial charge in [0.25, 0.3) is 0 Å². The quantitative estimate of drug-likeness (QED) is 0.104. The lowest BCUT2D eigenvalue weighted by molar-refractivity contribution is -0.141. The van der Waals surface area contributed by atoms with Crippen molar-refractivity contribution in [1.29, 1.82) is 0 Å². The first-order valence-electron chi connectivity index (χ1n) is 13.8. The molecule has 41 heavy (non-hydrogen) atoms. The molecular formula is C31H36F2O8. The van der Waals surface area contributed by atoms with Crippen LogP contribution in [-0.2, 0) is 28.6 Å². The summed E-state index contributed by atoms with van der Waals surface area (Å²) in [5.74, 6) is -3.98. The van der Waals surface area contributed by atoms with Crippen LogP contribution in [0.3, 0.4) is 0 Å². The molecule has 0 atom stereocenters. The third-order valence-electron chi connectivity index (χ3n) is 6.69. The van der Waals surface area contributed by atoms with Crippen LogP contribution in [-0.4, -0.2) is 50.4 Å². The van der Waals surface area contributed by atoms with Gasteiger partial charge in [-0.3, -0.25) is 4.79 Å². The van der Waals surface area contributed by atoms with E-state index in [0.717, 1.165) is 18.6 Å². The van der Waals surface area contributed by atoms with Gasteiger partial charge in [0.05, 0.1) is 31.8 Å². The SMILES string of the molecule is C=CC(=O)OCCCCOc1cc2ccc(OC(=O)C3CCC(OCCCCOC(=O)C=C)CC3)cc2c(F)c1F. The van der Waals surface area contributed by atoms with Crippen LogP contribution >= 0.6 is 0 Å². The zero-order valence-corrected chi connectivity index (χ0v) is 23.0. The number of ether oxygens (including phenoxy) is 5. The lowest BCUT2D eigenvalue weighted by atomic mass is 9.87. The normalized spacial score (nSPS) is 16.5. The molecule has 0 heterocycles. The molecule has 0 unspecified atom stereocenters. The maximum absolute atomic E-state index is 14.9. The first-order valence-corrected chi connectivity index (χ1v) is 13.8. The summed E-state index contributed by atoms with van der Waals surface area (Å²) in [5, 5.41) is 0.378. The van der Waals surface area contributed by atoms with Gasteiger partial charge in [-0.05, 0) is 75.0 Å². The van der Waals surface area contributed by atoms with E-state index in [2.05, 4.69) is 13.2 Å². The van der Waals surface area contributed by atoms with Crippen LogP contribution in [0.1, 0.15) is 51.4 Å². The highest BCUT2D eigenvalue weighted by Gasteiger charge is 2.28. The van der Waals surface area contributed by atoms with Crippen molar-refractivity contribution in [1.82, 2.24) is 0 Å². The molecule has 2 aromatic rings. The maximum atomic E-state index is 14.9. The Morgan fingerprint density at radius 1 is 0.805 bits per heavy atom. The molecule has 1 aliphatic rings. The van der Waals surface area contributed by atoms with Crippen LogP contribution in [0.2, 0.25) is 0 Å². The average Bonchev–Trinajstić information content (AvgIpc) is 2.99. The van der Waals surface area contributed by atoms with Crippen molar-refractivity contribution in [2.24, 2.45) is 5.92 Å². The second-order valence-electron chi connectivity index (χ2n) is 9.66. The predicted molar refractivity (Wildman–Crippen MR) is 147 cm³/mol. The Labute approximate surface area is 238 Å². The molecule has 0 amide bonds. The highest BCUT2D eigenvalue weighted by molar-refractivity contribution is 5.87. The summed E-state index contributed by atoms with van der Waals surface area (Å²) in [6.45, 7) is 7.81. The molecule has 222 valence electrons. The summed E-state index contributed by atoms with van der Waals surface area (Å²) in [7, 11) is 0. The number of esters is 3. The summed E-state index contributed by atoms with van der Waals surface area (Å²) >= 11 is 0. The number of unbranched alkanes of at least 4 members (excludes halogenated alkanes) is 2. The summed E-state index contributed by atoms with van der Waals surface area (Å²) in [6, 6.07) is 5.79. The molecule has 0 bridgehead atoms. The molecule has 2 aromatic carbocycles. The van der Waals surface area contributed by atoms with Gasteiger partial charge in [0.15, 0.2) is 11.6 Å². The number of benzene rings is 2. The topological polar surface area (TPSA) is 97.4 Å². The van der Waals surface area contributed by atoms with Crippen LogP contribution in [0.4, 0.5) is 8.78 Å². The zero-order valence-electron chi connectivity index (χ0n) is 23.0. The van der Waals surface area contributed by atoms with Gasteiger partial charge in [-0.15, -0.1) is 0 Å². The van der Waals surface area contributed by atoms with E-state index in [1.165, 1.54) is 18.2 Å². The van der Waals surface area contributed by atoms with Crippen molar-refractivity contribution < 1.29 is 46.8 Å². The van der Waals surface area contributed by atoms with Gasteiger partial charge in [0.2, 0.25) is 5.82 Å². The molecule has 0 saturated heterocycles. The Morgan fingerprint density at radius 3 is 2.05 bits per heavy atom. The fourth-order valence-corrected chi connectivity index (χ4v) is 4.42. The largest absolute Gasteiger partial charge is 0.490 e. The highest BCUT2D eigenvalue weighted by atomic mass is 19.2. The number of fused-ring (bicyclic) bond motifs is 1. The Kier molecular flexibility index (Phi) is 12.7. The van der Waals surface area contributed by atoms with E-state index < -0.39 is 29.5 Å². The standard InChI is InChI=1S/C31H36F2O8/c1-3-27(34)39-17-7-5-15-37-23-12-9-21(10-13-23)31(36)41-24-14-11-22-19-26(30(33)29(32)25(22)20-24)38-16-6-8-18-40-28(35)4-2/h3-4,11,14,19-21,23H,1-2,5-10,12-13,15-18H2. The predicted octanol–water partition coefficient (Wildman–Crippen LogP) is 6.00. The van der Waals surface area contributed by atoms with E-state index in [1.54, 1.807) is 6.07 Å². The minimum atomic E-state index is -1.13. The Balaban J connectivity index is 1.43. The van der Waals surface area contributed by atoms with Gasteiger partial charge in [0.1, 0.15) is 5.75 Å². The first-order chi connectivity index (χ1) is 19.8. The number of carbonyl (C=O) groups is 3. The van der Waals surface area contributed by atoms with E-state index >= 15 is 0 Å². The lowest BCUT2D eigenvalue weighted by Crippen LogP contribution is -2.29. The van der Waals surface area contributed by atoms with Crippen molar-refractivity contribution in [2.75, 3.05) is 26.4 Å². The van der Waals surface area contributed by atoms with Gasteiger partial charge in [0, 0.05) is 24.1 Å². The molecule has 10 heteroatoms. The molecule has 3 rings (SSSR count). The van der Waals surface area contributed by atoms with E-state index in [-0.39, 0.29) is 42.1 Å². The fourth-order valence-electron chi connectivity index (χ4n) is 4.42. The van der Waals surface area contributed by atoms with Crippen molar-refractivity contribution in [3.63, 3.8) is 0 Å². The molecule has 1 fully saturated rings. The third kappa shape index (κ3) is 9.97. The summed E-state index contributed by atoms with van der Waals surface area (Å²) in [6.07, 6.45) is 7.31. The van der Waals surface area contributed by atoms with Gasteiger partial charge >= 0.3 is 17.9 Å². The Hall–Kier alpha value is -3.79. The van der Waals surface area contributed by atoms with Crippen LogP contribution in [0.25, 0.3) is 10.8 Å². The molecule has 0 spiro atoms. The summed E-state index contributed by atoms with van der Waals surface area (Å²) < 4.78 is 56.1. The number of hydrogen-bond acceptors (Lipinski definition) is 8. The van der Waals surface area contributed by atoms with Gasteiger partial charge in [-0.1, -0.05) is 19.2 Å². The van der Waals surface area contributed by atoms with Gasteiger partial charge in [-0.2, -0.15) is 4.39 Å². The van der Waals surface area contributed by atoms with Crippen LogP contribution < -0.4 is 9.47 Å².